The number of esters is 1. The summed E-state index contributed by atoms with van der Waals surface area (Å²) in [6.45, 7) is 0. The zero-order valence-electron chi connectivity index (χ0n) is 14.5. The summed E-state index contributed by atoms with van der Waals surface area (Å²) in [4.78, 5) is 24.6. The first-order valence-corrected chi connectivity index (χ1v) is 10.0. The number of aromatic nitrogens is 3. The molecule has 0 atom stereocenters. The molecule has 3 aromatic rings. The molecule has 1 aliphatic rings. The Morgan fingerprint density at radius 2 is 2.00 bits per heavy atom. The van der Waals surface area contributed by atoms with Crippen molar-refractivity contribution in [3.8, 4) is 11.4 Å². The highest BCUT2D eigenvalue weighted by atomic mass is 32.2. The molecule has 26 heavy (non-hydrogen) atoms. The third-order valence-corrected chi connectivity index (χ3v) is 5.57. The zero-order chi connectivity index (χ0) is 17.8. The van der Waals surface area contributed by atoms with Crippen molar-refractivity contribution in [3.05, 3.63) is 42.6 Å². The number of imidazole rings is 1. The molecule has 1 saturated carbocycles. The number of rotatable bonds is 5. The molecule has 0 aliphatic heterocycles. The fraction of sp³-hybridized carbons (Fsp3) is 0.350. The summed E-state index contributed by atoms with van der Waals surface area (Å²) in [5, 5.41) is 0.784. The monoisotopic (exact) mass is 367 g/mol. The van der Waals surface area contributed by atoms with Crippen LogP contribution in [0.1, 0.15) is 32.1 Å². The van der Waals surface area contributed by atoms with E-state index in [4.69, 9.17) is 4.74 Å². The minimum atomic E-state index is -0.164. The van der Waals surface area contributed by atoms with Crippen LogP contribution in [0.15, 0.2) is 47.6 Å². The largest absolute Gasteiger partial charge is 0.462 e. The number of hydrogen-bond acceptors (Lipinski definition) is 5. The molecule has 0 amide bonds. The van der Waals surface area contributed by atoms with Crippen molar-refractivity contribution in [2.75, 3.05) is 5.75 Å². The molecule has 2 heterocycles. The summed E-state index contributed by atoms with van der Waals surface area (Å²) < 4.78 is 5.60. The topological polar surface area (TPSA) is 67.9 Å². The Hall–Kier alpha value is -2.34. The quantitative estimate of drug-likeness (QED) is 0.527. The van der Waals surface area contributed by atoms with Gasteiger partial charge in [-0.15, -0.1) is 0 Å². The Labute approximate surface area is 156 Å². The molecule has 2 aromatic heterocycles. The lowest BCUT2D eigenvalue weighted by atomic mass is 9.98. The van der Waals surface area contributed by atoms with Gasteiger partial charge in [-0.05, 0) is 49.9 Å². The van der Waals surface area contributed by atoms with Crippen LogP contribution in [-0.4, -0.2) is 32.8 Å². The maximum Gasteiger partial charge on any atom is 0.316 e. The normalized spacial score (nSPS) is 15.2. The predicted molar refractivity (Wildman–Crippen MR) is 103 cm³/mol. The highest BCUT2D eigenvalue weighted by Gasteiger charge is 2.19. The van der Waals surface area contributed by atoms with E-state index in [9.17, 15) is 4.79 Å². The lowest BCUT2D eigenvalue weighted by molar-refractivity contribution is -0.147. The van der Waals surface area contributed by atoms with E-state index in [1.54, 1.807) is 6.20 Å². The fourth-order valence-electron chi connectivity index (χ4n) is 3.30. The van der Waals surface area contributed by atoms with Gasteiger partial charge in [-0.2, -0.15) is 0 Å². The number of nitrogens with one attached hydrogen (secondary N) is 1. The van der Waals surface area contributed by atoms with Crippen LogP contribution < -0.4 is 0 Å². The number of para-hydroxylation sites is 2. The summed E-state index contributed by atoms with van der Waals surface area (Å²) in [6, 6.07) is 11.8. The summed E-state index contributed by atoms with van der Waals surface area (Å²) in [6.07, 6.45) is 7.37. The van der Waals surface area contributed by atoms with E-state index in [2.05, 4.69) is 15.0 Å². The second-order valence-corrected chi connectivity index (χ2v) is 7.46. The van der Waals surface area contributed by atoms with Crippen LogP contribution in [0, 0.1) is 0 Å². The van der Waals surface area contributed by atoms with Crippen LogP contribution in [0.3, 0.4) is 0 Å². The van der Waals surface area contributed by atoms with E-state index < -0.39 is 0 Å². The van der Waals surface area contributed by atoms with Gasteiger partial charge in [-0.3, -0.25) is 4.79 Å². The van der Waals surface area contributed by atoms with Gasteiger partial charge >= 0.3 is 5.97 Å². The molecule has 5 nitrogen and oxygen atoms in total. The van der Waals surface area contributed by atoms with Crippen LogP contribution in [0.25, 0.3) is 22.4 Å². The minimum Gasteiger partial charge on any atom is -0.462 e. The maximum absolute atomic E-state index is 12.2. The number of pyridine rings is 1. The first-order valence-electron chi connectivity index (χ1n) is 9.02. The van der Waals surface area contributed by atoms with Crippen LogP contribution in [0.5, 0.6) is 0 Å². The van der Waals surface area contributed by atoms with Gasteiger partial charge in [0.2, 0.25) is 0 Å². The molecule has 1 aromatic carbocycles. The van der Waals surface area contributed by atoms with Gasteiger partial charge in [-0.1, -0.05) is 30.3 Å². The van der Waals surface area contributed by atoms with Crippen molar-refractivity contribution >= 4 is 28.8 Å². The third kappa shape index (κ3) is 3.90. The van der Waals surface area contributed by atoms with Crippen LogP contribution >= 0.6 is 11.8 Å². The second-order valence-electron chi connectivity index (χ2n) is 6.50. The summed E-state index contributed by atoms with van der Waals surface area (Å²) in [5.41, 5.74) is 2.80. The molecule has 134 valence electrons. The minimum absolute atomic E-state index is 0.0930. The van der Waals surface area contributed by atoms with Crippen molar-refractivity contribution in [2.45, 2.75) is 43.2 Å². The molecule has 0 radical (unpaired) electrons. The average molecular weight is 367 g/mol. The van der Waals surface area contributed by atoms with E-state index in [0.29, 0.717) is 0 Å². The molecule has 1 aliphatic carbocycles. The highest BCUT2D eigenvalue weighted by Crippen LogP contribution is 2.29. The zero-order valence-corrected chi connectivity index (χ0v) is 15.3. The number of aromatic amines is 1. The molecule has 0 saturated heterocycles. The molecule has 0 spiro atoms. The number of carbonyl (C=O) groups excluding carboxylic acids is 1. The number of carbonyl (C=O) groups is 1. The van der Waals surface area contributed by atoms with Crippen molar-refractivity contribution in [2.24, 2.45) is 0 Å². The Kier molecular flexibility index (Phi) is 5.20. The fourth-order valence-corrected chi connectivity index (χ4v) is 4.07. The van der Waals surface area contributed by atoms with E-state index in [1.807, 2.05) is 36.4 Å². The molecule has 6 heteroatoms. The third-order valence-electron chi connectivity index (χ3n) is 4.59. The van der Waals surface area contributed by atoms with Gasteiger partial charge in [0, 0.05) is 11.8 Å². The van der Waals surface area contributed by atoms with Gasteiger partial charge in [0.25, 0.3) is 0 Å². The maximum atomic E-state index is 12.2. The van der Waals surface area contributed by atoms with E-state index in [1.165, 1.54) is 18.2 Å². The molecule has 0 unspecified atom stereocenters. The SMILES string of the molecule is O=C(CSc1ncccc1-c1nc2ccccc2[nH]1)OC1CCCCC1. The predicted octanol–water partition coefficient (Wildman–Crippen LogP) is 4.59. The van der Waals surface area contributed by atoms with Crippen LogP contribution in [0.2, 0.25) is 0 Å². The molecule has 1 N–H and O–H groups in total. The smallest absolute Gasteiger partial charge is 0.316 e. The number of hydrogen-bond donors (Lipinski definition) is 1. The van der Waals surface area contributed by atoms with Gasteiger partial charge in [-0.25, -0.2) is 9.97 Å². The lowest BCUT2D eigenvalue weighted by Crippen LogP contribution is -2.21. The van der Waals surface area contributed by atoms with Gasteiger partial charge < -0.3 is 9.72 Å². The standard InChI is InChI=1S/C20H21N3O2S/c24-18(25-14-7-2-1-3-8-14)13-26-20-15(9-6-12-21-20)19-22-16-10-4-5-11-17(16)23-19/h4-6,9-12,14H,1-3,7-8,13H2,(H,22,23). The second kappa shape index (κ2) is 7.91. The van der Waals surface area contributed by atoms with Crippen molar-refractivity contribution in [3.63, 3.8) is 0 Å². The Morgan fingerprint density at radius 3 is 2.85 bits per heavy atom. The van der Waals surface area contributed by atoms with E-state index in [0.717, 1.165) is 53.1 Å². The van der Waals surface area contributed by atoms with Crippen LogP contribution in [0.4, 0.5) is 0 Å². The highest BCUT2D eigenvalue weighted by molar-refractivity contribution is 8.00. The van der Waals surface area contributed by atoms with Gasteiger partial charge in [0.1, 0.15) is 17.0 Å². The molecular weight excluding hydrogens is 346 g/mol. The molecular formula is C20H21N3O2S. The number of fused-ring (bicyclic) bond motifs is 1. The number of ether oxygens (including phenoxy) is 1. The molecule has 4 rings (SSSR count). The number of nitrogens with zero attached hydrogens (tertiary/aromatic N) is 2. The summed E-state index contributed by atoms with van der Waals surface area (Å²) in [5.74, 6) is 0.867. The van der Waals surface area contributed by atoms with E-state index >= 15 is 0 Å². The molecule has 0 bridgehead atoms. The van der Waals surface area contributed by atoms with E-state index in [-0.39, 0.29) is 17.8 Å². The average Bonchev–Trinajstić information content (AvgIpc) is 3.11. The summed E-state index contributed by atoms with van der Waals surface area (Å²) >= 11 is 1.40. The van der Waals surface area contributed by atoms with Gasteiger partial charge in [0.15, 0.2) is 0 Å². The Bertz CT molecular complexity index is 870. The number of thioether (sulfide) groups is 1. The van der Waals surface area contributed by atoms with Crippen molar-refractivity contribution in [1.82, 2.24) is 15.0 Å². The summed E-state index contributed by atoms with van der Waals surface area (Å²) in [7, 11) is 0. The van der Waals surface area contributed by atoms with Crippen molar-refractivity contribution in [1.29, 1.82) is 0 Å². The Morgan fingerprint density at radius 1 is 1.15 bits per heavy atom. The van der Waals surface area contributed by atoms with Crippen LogP contribution in [-0.2, 0) is 9.53 Å². The number of benzene rings is 1. The van der Waals surface area contributed by atoms with Gasteiger partial charge in [0.05, 0.1) is 16.8 Å². The first kappa shape index (κ1) is 17.1. The lowest BCUT2D eigenvalue weighted by Gasteiger charge is -2.21. The number of H-pyrrole nitrogens is 1. The molecule has 1 fully saturated rings. The first-order chi connectivity index (χ1) is 12.8. The van der Waals surface area contributed by atoms with Crippen molar-refractivity contribution < 1.29 is 9.53 Å². The Balaban J connectivity index is 1.46.